The lowest BCUT2D eigenvalue weighted by molar-refractivity contribution is 0.109. The number of hydrogen-bond acceptors (Lipinski definition) is 3. The van der Waals surface area contributed by atoms with Crippen LogP contribution in [-0.2, 0) is 11.2 Å². The van der Waals surface area contributed by atoms with Gasteiger partial charge in [-0.1, -0.05) is 17.7 Å². The van der Waals surface area contributed by atoms with Crippen molar-refractivity contribution in [1.29, 1.82) is 0 Å². The molecule has 0 amide bonds. The molecule has 0 N–H and O–H groups in total. The molecule has 1 aliphatic rings. The molecule has 4 nitrogen and oxygen atoms in total. The summed E-state index contributed by atoms with van der Waals surface area (Å²) in [5.74, 6) is 0.882. The third-order valence-corrected chi connectivity index (χ3v) is 3.18. The summed E-state index contributed by atoms with van der Waals surface area (Å²) >= 11 is 6.13. The van der Waals surface area contributed by atoms with E-state index in [9.17, 15) is 0 Å². The van der Waals surface area contributed by atoms with Gasteiger partial charge in [0.05, 0.1) is 6.10 Å². The topological polar surface area (TPSA) is 39.4 Å². The Labute approximate surface area is 98.2 Å². The lowest BCUT2D eigenvalue weighted by Crippen LogP contribution is -2.11. The monoisotopic (exact) mass is 237 g/mol. The van der Waals surface area contributed by atoms with E-state index in [0.29, 0.717) is 5.15 Å². The van der Waals surface area contributed by atoms with E-state index >= 15 is 0 Å². The van der Waals surface area contributed by atoms with Crippen LogP contribution in [0.15, 0.2) is 18.2 Å². The molecule has 0 aromatic carbocycles. The number of halogens is 1. The van der Waals surface area contributed by atoms with Crippen molar-refractivity contribution in [3.63, 3.8) is 0 Å². The normalized spacial score (nSPS) is 20.7. The molecule has 0 saturated carbocycles. The van der Waals surface area contributed by atoms with Crippen LogP contribution in [0, 0.1) is 0 Å². The summed E-state index contributed by atoms with van der Waals surface area (Å²) in [5.41, 5.74) is 0.792. The number of ether oxygens (including phenoxy) is 1. The molecule has 3 heterocycles. The van der Waals surface area contributed by atoms with Gasteiger partial charge in [-0.3, -0.25) is 4.40 Å². The first-order valence-electron chi connectivity index (χ1n) is 5.45. The van der Waals surface area contributed by atoms with Crippen molar-refractivity contribution in [2.24, 2.45) is 0 Å². The standard InChI is InChI=1S/C11H12ClN3O/c12-9-4-1-5-10-13-14-11(15(9)10)7-8-3-2-6-16-8/h1,4-5,8H,2-3,6-7H2. The van der Waals surface area contributed by atoms with Crippen LogP contribution in [0.1, 0.15) is 18.7 Å². The van der Waals surface area contributed by atoms with E-state index in [1.807, 2.05) is 22.6 Å². The average molecular weight is 238 g/mol. The Morgan fingerprint density at radius 3 is 3.19 bits per heavy atom. The number of aromatic nitrogens is 3. The van der Waals surface area contributed by atoms with E-state index in [-0.39, 0.29) is 6.10 Å². The quantitative estimate of drug-likeness (QED) is 0.751. The fraction of sp³-hybridized carbons (Fsp3) is 0.455. The third kappa shape index (κ3) is 1.68. The molecular weight excluding hydrogens is 226 g/mol. The first-order chi connectivity index (χ1) is 7.84. The molecule has 0 aliphatic carbocycles. The van der Waals surface area contributed by atoms with Gasteiger partial charge < -0.3 is 4.74 Å². The van der Waals surface area contributed by atoms with Gasteiger partial charge in [0, 0.05) is 13.0 Å². The van der Waals surface area contributed by atoms with Crippen molar-refractivity contribution >= 4 is 17.2 Å². The molecule has 1 unspecified atom stereocenters. The Hall–Kier alpha value is -1.13. The molecule has 1 saturated heterocycles. The molecule has 3 rings (SSSR count). The number of hydrogen-bond donors (Lipinski definition) is 0. The van der Waals surface area contributed by atoms with E-state index in [0.717, 1.165) is 37.3 Å². The summed E-state index contributed by atoms with van der Waals surface area (Å²) in [5, 5.41) is 8.91. The summed E-state index contributed by atoms with van der Waals surface area (Å²) in [7, 11) is 0. The zero-order valence-electron chi connectivity index (χ0n) is 8.77. The molecule has 1 aliphatic heterocycles. The second kappa shape index (κ2) is 4.03. The molecule has 16 heavy (non-hydrogen) atoms. The molecule has 0 bridgehead atoms. The highest BCUT2D eigenvalue weighted by Gasteiger charge is 2.19. The second-order valence-electron chi connectivity index (χ2n) is 4.00. The van der Waals surface area contributed by atoms with Crippen LogP contribution >= 0.6 is 11.6 Å². The Morgan fingerprint density at radius 1 is 1.44 bits per heavy atom. The zero-order chi connectivity index (χ0) is 11.0. The van der Waals surface area contributed by atoms with Crippen molar-refractivity contribution < 1.29 is 4.74 Å². The van der Waals surface area contributed by atoms with Crippen molar-refractivity contribution in [1.82, 2.24) is 14.6 Å². The molecule has 0 radical (unpaired) electrons. The molecule has 5 heteroatoms. The minimum atomic E-state index is 0.267. The smallest absolute Gasteiger partial charge is 0.161 e. The molecule has 2 aromatic heterocycles. The zero-order valence-corrected chi connectivity index (χ0v) is 9.52. The predicted molar refractivity (Wildman–Crippen MR) is 60.7 cm³/mol. The second-order valence-corrected chi connectivity index (χ2v) is 4.38. The van der Waals surface area contributed by atoms with Crippen LogP contribution in [-0.4, -0.2) is 27.3 Å². The number of rotatable bonds is 2. The molecule has 1 fully saturated rings. The third-order valence-electron chi connectivity index (χ3n) is 2.88. The van der Waals surface area contributed by atoms with E-state index in [2.05, 4.69) is 10.2 Å². The maximum absolute atomic E-state index is 6.13. The Bertz CT molecular complexity index is 505. The molecule has 1 atom stereocenters. The first kappa shape index (κ1) is 10.1. The molecule has 2 aromatic rings. The number of fused-ring (bicyclic) bond motifs is 1. The maximum atomic E-state index is 6.13. The van der Waals surface area contributed by atoms with Crippen LogP contribution < -0.4 is 0 Å². The average Bonchev–Trinajstić information content (AvgIpc) is 2.90. The van der Waals surface area contributed by atoms with Gasteiger partial charge in [-0.05, 0) is 25.0 Å². The fourth-order valence-corrected chi connectivity index (χ4v) is 2.36. The van der Waals surface area contributed by atoms with E-state index in [4.69, 9.17) is 16.3 Å². The van der Waals surface area contributed by atoms with E-state index in [1.165, 1.54) is 0 Å². The first-order valence-corrected chi connectivity index (χ1v) is 5.82. The van der Waals surface area contributed by atoms with Crippen molar-refractivity contribution in [3.8, 4) is 0 Å². The number of nitrogens with zero attached hydrogens (tertiary/aromatic N) is 3. The van der Waals surface area contributed by atoms with Crippen molar-refractivity contribution in [2.45, 2.75) is 25.4 Å². The Morgan fingerprint density at radius 2 is 2.38 bits per heavy atom. The number of pyridine rings is 1. The molecule has 0 spiro atoms. The summed E-state index contributed by atoms with van der Waals surface area (Å²) in [6.45, 7) is 0.856. The molecular formula is C11H12ClN3O. The summed E-state index contributed by atoms with van der Waals surface area (Å²) in [6, 6.07) is 5.62. The minimum absolute atomic E-state index is 0.267. The highest BCUT2D eigenvalue weighted by atomic mass is 35.5. The van der Waals surface area contributed by atoms with Crippen LogP contribution in [0.5, 0.6) is 0 Å². The van der Waals surface area contributed by atoms with Gasteiger partial charge in [-0.15, -0.1) is 10.2 Å². The van der Waals surface area contributed by atoms with Crippen molar-refractivity contribution in [2.75, 3.05) is 6.61 Å². The van der Waals surface area contributed by atoms with Gasteiger partial charge in [0.15, 0.2) is 5.65 Å². The maximum Gasteiger partial charge on any atom is 0.161 e. The lowest BCUT2D eigenvalue weighted by atomic mass is 10.2. The lowest BCUT2D eigenvalue weighted by Gasteiger charge is -2.07. The van der Waals surface area contributed by atoms with Gasteiger partial charge in [-0.25, -0.2) is 0 Å². The van der Waals surface area contributed by atoms with Gasteiger partial charge in [0.2, 0.25) is 0 Å². The summed E-state index contributed by atoms with van der Waals surface area (Å²) < 4.78 is 7.47. The van der Waals surface area contributed by atoms with Crippen LogP contribution in [0.2, 0.25) is 5.15 Å². The predicted octanol–water partition coefficient (Wildman–Crippen LogP) is 2.10. The van der Waals surface area contributed by atoms with Crippen molar-refractivity contribution in [3.05, 3.63) is 29.2 Å². The SMILES string of the molecule is Clc1cccc2nnc(CC3CCCO3)n12. The van der Waals surface area contributed by atoms with Crippen LogP contribution in [0.3, 0.4) is 0 Å². The van der Waals surface area contributed by atoms with Crippen LogP contribution in [0.4, 0.5) is 0 Å². The minimum Gasteiger partial charge on any atom is -0.378 e. The molecule has 84 valence electrons. The fourth-order valence-electron chi connectivity index (χ4n) is 2.10. The summed E-state index contributed by atoms with van der Waals surface area (Å²) in [4.78, 5) is 0. The largest absolute Gasteiger partial charge is 0.378 e. The highest BCUT2D eigenvalue weighted by molar-refractivity contribution is 6.29. The van der Waals surface area contributed by atoms with Gasteiger partial charge in [0.1, 0.15) is 11.0 Å². The summed E-state index contributed by atoms with van der Waals surface area (Å²) in [6.07, 6.45) is 3.28. The van der Waals surface area contributed by atoms with E-state index in [1.54, 1.807) is 0 Å². The Kier molecular flexibility index (Phi) is 2.53. The van der Waals surface area contributed by atoms with Gasteiger partial charge in [0.25, 0.3) is 0 Å². The van der Waals surface area contributed by atoms with Gasteiger partial charge in [-0.2, -0.15) is 0 Å². The Balaban J connectivity index is 1.97. The highest BCUT2D eigenvalue weighted by Crippen LogP contribution is 2.19. The van der Waals surface area contributed by atoms with E-state index < -0.39 is 0 Å². The van der Waals surface area contributed by atoms with Gasteiger partial charge >= 0.3 is 0 Å². The van der Waals surface area contributed by atoms with Crippen LogP contribution in [0.25, 0.3) is 5.65 Å².